The van der Waals surface area contributed by atoms with Crippen molar-refractivity contribution in [2.45, 2.75) is 13.3 Å². The van der Waals surface area contributed by atoms with Gasteiger partial charge in [0.1, 0.15) is 11.6 Å². The number of halogens is 1. The van der Waals surface area contributed by atoms with Crippen molar-refractivity contribution in [3.63, 3.8) is 0 Å². The summed E-state index contributed by atoms with van der Waals surface area (Å²) in [5.41, 5.74) is 7.00. The number of benzene rings is 1. The number of esters is 1. The molecule has 0 aliphatic carbocycles. The fourth-order valence-corrected chi connectivity index (χ4v) is 1.31. The zero-order chi connectivity index (χ0) is 13.5. The first kappa shape index (κ1) is 13.8. The molecule has 0 saturated carbocycles. The summed E-state index contributed by atoms with van der Waals surface area (Å²) >= 11 is 0. The van der Waals surface area contributed by atoms with Crippen LogP contribution >= 0.6 is 0 Å². The minimum Gasteiger partial charge on any atom is -0.509 e. The monoisotopic (exact) mass is 252 g/mol. The van der Waals surface area contributed by atoms with Crippen LogP contribution in [0.3, 0.4) is 0 Å². The lowest BCUT2D eigenvalue weighted by Gasteiger charge is -2.05. The molecule has 0 spiro atoms. The number of aliphatic hydroxyl groups is 1. The summed E-state index contributed by atoms with van der Waals surface area (Å²) in [5, 5.41) is 12.7. The van der Waals surface area contributed by atoms with E-state index in [1.54, 1.807) is 6.92 Å². The Labute approximate surface area is 103 Å². The summed E-state index contributed by atoms with van der Waals surface area (Å²) in [6.07, 6.45) is -0.0171. The minimum absolute atomic E-state index is 0.0171. The van der Waals surface area contributed by atoms with E-state index in [0.29, 0.717) is 5.56 Å². The molecule has 5 nitrogen and oxygen atoms in total. The van der Waals surface area contributed by atoms with Gasteiger partial charge in [0.05, 0.1) is 6.61 Å². The van der Waals surface area contributed by atoms with Crippen molar-refractivity contribution in [1.29, 1.82) is 5.53 Å². The summed E-state index contributed by atoms with van der Waals surface area (Å²) in [5.74, 6) is -1.62. The Morgan fingerprint density at radius 1 is 1.44 bits per heavy atom. The Kier molecular flexibility index (Phi) is 4.98. The van der Waals surface area contributed by atoms with Crippen LogP contribution in [-0.2, 0) is 16.0 Å². The van der Waals surface area contributed by atoms with Crippen molar-refractivity contribution in [3.8, 4) is 0 Å². The molecule has 18 heavy (non-hydrogen) atoms. The molecule has 1 rings (SSSR count). The van der Waals surface area contributed by atoms with E-state index in [0.717, 1.165) is 0 Å². The molecule has 0 atom stereocenters. The Bertz CT molecular complexity index is 469. The van der Waals surface area contributed by atoms with Crippen LogP contribution in [0.25, 0.3) is 0 Å². The second kappa shape index (κ2) is 6.48. The number of allylic oxidation sites excluding steroid dienone is 1. The average molecular weight is 252 g/mol. The second-order valence-corrected chi connectivity index (χ2v) is 3.43. The van der Waals surface area contributed by atoms with Crippen LogP contribution in [0.1, 0.15) is 12.5 Å². The Hall–Kier alpha value is -2.24. The van der Waals surface area contributed by atoms with E-state index in [9.17, 15) is 14.3 Å². The Balaban J connectivity index is 2.89. The molecule has 96 valence electrons. The van der Waals surface area contributed by atoms with Crippen molar-refractivity contribution in [1.82, 2.24) is 0 Å². The number of carbonyl (C=O) groups is 1. The summed E-state index contributed by atoms with van der Waals surface area (Å²) in [4.78, 5) is 11.3. The van der Waals surface area contributed by atoms with E-state index in [1.807, 2.05) is 0 Å². The molecule has 0 aromatic heterocycles. The third-order valence-corrected chi connectivity index (χ3v) is 2.14. The molecule has 0 amide bonds. The van der Waals surface area contributed by atoms with E-state index in [4.69, 9.17) is 5.53 Å². The highest BCUT2D eigenvalue weighted by molar-refractivity contribution is 5.88. The number of rotatable bonds is 5. The molecule has 0 radical (unpaired) electrons. The SMILES string of the molecule is CCOC(=O)/C(N=N)=C(\O)Cc1ccc(F)cc1. The van der Waals surface area contributed by atoms with Crippen molar-refractivity contribution in [3.05, 3.63) is 47.1 Å². The van der Waals surface area contributed by atoms with Gasteiger partial charge < -0.3 is 9.84 Å². The summed E-state index contributed by atoms with van der Waals surface area (Å²) in [6.45, 7) is 1.73. The molecule has 6 heteroatoms. The van der Waals surface area contributed by atoms with Crippen LogP contribution in [-0.4, -0.2) is 17.7 Å². The van der Waals surface area contributed by atoms with Gasteiger partial charge in [-0.05, 0) is 24.6 Å². The van der Waals surface area contributed by atoms with Gasteiger partial charge in [0.25, 0.3) is 0 Å². The number of nitrogens with zero attached hydrogens (tertiary/aromatic N) is 1. The predicted molar refractivity (Wildman–Crippen MR) is 61.5 cm³/mol. The maximum atomic E-state index is 12.7. The number of hydrogen-bond donors (Lipinski definition) is 2. The number of ether oxygens (including phenoxy) is 1. The highest BCUT2D eigenvalue weighted by Gasteiger charge is 2.16. The third-order valence-electron chi connectivity index (χ3n) is 2.14. The van der Waals surface area contributed by atoms with Gasteiger partial charge in [0.15, 0.2) is 0 Å². The van der Waals surface area contributed by atoms with Crippen LogP contribution in [0.15, 0.2) is 40.8 Å². The van der Waals surface area contributed by atoms with Gasteiger partial charge in [-0.2, -0.15) is 0 Å². The molecule has 0 bridgehead atoms. The number of nitrogens with one attached hydrogen (secondary N) is 1. The lowest BCUT2D eigenvalue weighted by atomic mass is 10.1. The van der Waals surface area contributed by atoms with Gasteiger partial charge >= 0.3 is 5.97 Å². The topological polar surface area (TPSA) is 82.7 Å². The maximum Gasteiger partial charge on any atom is 0.362 e. The van der Waals surface area contributed by atoms with Crippen molar-refractivity contribution < 1.29 is 19.0 Å². The van der Waals surface area contributed by atoms with Gasteiger partial charge in [-0.3, -0.25) is 0 Å². The van der Waals surface area contributed by atoms with Gasteiger partial charge in [-0.25, -0.2) is 14.7 Å². The minimum atomic E-state index is -0.855. The Morgan fingerprint density at radius 2 is 2.06 bits per heavy atom. The summed E-state index contributed by atoms with van der Waals surface area (Å²) in [7, 11) is 0. The molecular formula is C12H13FN2O3. The highest BCUT2D eigenvalue weighted by Crippen LogP contribution is 2.13. The third kappa shape index (κ3) is 3.65. The average Bonchev–Trinajstić information content (AvgIpc) is 2.33. The molecule has 0 aliphatic heterocycles. The van der Waals surface area contributed by atoms with Crippen LogP contribution in [0.2, 0.25) is 0 Å². The molecule has 0 saturated heterocycles. The van der Waals surface area contributed by atoms with E-state index in [-0.39, 0.29) is 18.8 Å². The lowest BCUT2D eigenvalue weighted by Crippen LogP contribution is -2.09. The first-order valence-corrected chi connectivity index (χ1v) is 5.29. The van der Waals surface area contributed by atoms with Gasteiger partial charge in [0.2, 0.25) is 5.70 Å². The van der Waals surface area contributed by atoms with Crippen LogP contribution in [0, 0.1) is 11.3 Å². The first-order valence-electron chi connectivity index (χ1n) is 5.29. The summed E-state index contributed by atoms with van der Waals surface area (Å²) in [6, 6.07) is 5.42. The Morgan fingerprint density at radius 3 is 2.56 bits per heavy atom. The van der Waals surface area contributed by atoms with Gasteiger partial charge in [-0.1, -0.05) is 12.1 Å². The predicted octanol–water partition coefficient (Wildman–Crippen LogP) is 2.73. The first-order chi connectivity index (χ1) is 8.58. The molecule has 1 aromatic carbocycles. The fraction of sp³-hybridized carbons (Fsp3) is 0.250. The van der Waals surface area contributed by atoms with Crippen molar-refractivity contribution >= 4 is 5.97 Å². The number of carbonyl (C=O) groups excluding carboxylic acids is 1. The molecule has 1 aromatic rings. The van der Waals surface area contributed by atoms with E-state index in [1.165, 1.54) is 24.3 Å². The van der Waals surface area contributed by atoms with Crippen LogP contribution in [0.5, 0.6) is 0 Å². The summed E-state index contributed by atoms with van der Waals surface area (Å²) < 4.78 is 17.3. The molecular weight excluding hydrogens is 239 g/mol. The molecule has 0 heterocycles. The zero-order valence-corrected chi connectivity index (χ0v) is 9.81. The van der Waals surface area contributed by atoms with Crippen LogP contribution in [0.4, 0.5) is 4.39 Å². The molecule has 2 N–H and O–H groups in total. The number of aliphatic hydroxyl groups excluding tert-OH is 1. The van der Waals surface area contributed by atoms with Gasteiger partial charge in [-0.15, -0.1) is 5.11 Å². The van der Waals surface area contributed by atoms with E-state index in [2.05, 4.69) is 9.85 Å². The second-order valence-electron chi connectivity index (χ2n) is 3.43. The highest BCUT2D eigenvalue weighted by atomic mass is 19.1. The smallest absolute Gasteiger partial charge is 0.362 e. The molecule has 0 aliphatic rings. The molecule has 0 unspecified atom stereocenters. The zero-order valence-electron chi connectivity index (χ0n) is 9.81. The largest absolute Gasteiger partial charge is 0.509 e. The van der Waals surface area contributed by atoms with E-state index < -0.39 is 17.5 Å². The fourth-order valence-electron chi connectivity index (χ4n) is 1.31. The van der Waals surface area contributed by atoms with Crippen molar-refractivity contribution in [2.75, 3.05) is 6.61 Å². The normalized spacial score (nSPS) is 11.7. The van der Waals surface area contributed by atoms with Crippen LogP contribution < -0.4 is 0 Å². The standard InChI is InChI=1S/C12H13FN2O3/c1-2-18-12(17)11(15-14)10(16)7-8-3-5-9(13)6-4-8/h3-6,14,16H,2,7H2,1H3/b11-10+,15-14?. The quantitative estimate of drug-likeness (QED) is 0.366. The number of hydrogen-bond acceptors (Lipinski definition) is 5. The molecule has 0 fully saturated rings. The van der Waals surface area contributed by atoms with E-state index >= 15 is 0 Å². The lowest BCUT2D eigenvalue weighted by molar-refractivity contribution is -0.138. The van der Waals surface area contributed by atoms with Crippen molar-refractivity contribution in [2.24, 2.45) is 5.11 Å². The maximum absolute atomic E-state index is 12.7. The van der Waals surface area contributed by atoms with Gasteiger partial charge in [0, 0.05) is 6.42 Å².